The summed E-state index contributed by atoms with van der Waals surface area (Å²) in [6.45, 7) is 3.84. The molecule has 1 aromatic rings. The second kappa shape index (κ2) is 8.51. The van der Waals surface area contributed by atoms with Crippen LogP contribution in [0.1, 0.15) is 19.4 Å². The topological polar surface area (TPSA) is 92.9 Å². The van der Waals surface area contributed by atoms with Crippen LogP contribution in [0, 0.1) is 5.92 Å². The van der Waals surface area contributed by atoms with E-state index >= 15 is 0 Å². The Kier molecular flexibility index (Phi) is 7.01. The number of nitrogens with two attached hydrogens (primary N) is 1. The minimum absolute atomic E-state index is 0.0605. The van der Waals surface area contributed by atoms with Gasteiger partial charge in [0.25, 0.3) is 0 Å². The highest BCUT2D eigenvalue weighted by Crippen LogP contribution is 2.08. The molecular formula is C16H24N2O4. The van der Waals surface area contributed by atoms with Gasteiger partial charge in [-0.1, -0.05) is 44.2 Å². The molecular weight excluding hydrogens is 284 g/mol. The van der Waals surface area contributed by atoms with Crippen molar-refractivity contribution in [1.29, 1.82) is 0 Å². The molecule has 2 atom stereocenters. The summed E-state index contributed by atoms with van der Waals surface area (Å²) in [5.74, 6) is -1.57. The number of likely N-dealkylation sites (N-methyl/N-ethyl adjacent to an activating group) is 1. The molecule has 0 unspecified atom stereocenters. The quantitative estimate of drug-likeness (QED) is 0.750. The number of ether oxygens (including phenoxy) is 1. The van der Waals surface area contributed by atoms with Crippen LogP contribution in [0.25, 0.3) is 0 Å². The molecule has 0 bridgehead atoms. The van der Waals surface area contributed by atoms with E-state index in [4.69, 9.17) is 10.5 Å². The number of hydrogen-bond donors (Lipinski definition) is 2. The number of nitrogens with zero attached hydrogens (tertiary/aromatic N) is 1. The average molecular weight is 308 g/mol. The van der Waals surface area contributed by atoms with Crippen LogP contribution in [0.3, 0.4) is 0 Å². The Hall–Kier alpha value is -1.92. The third-order valence-corrected chi connectivity index (χ3v) is 3.49. The molecule has 0 saturated carbocycles. The summed E-state index contributed by atoms with van der Waals surface area (Å²) >= 11 is 0. The van der Waals surface area contributed by atoms with E-state index in [2.05, 4.69) is 0 Å². The lowest BCUT2D eigenvalue weighted by Gasteiger charge is -2.28. The molecule has 3 N–H and O–H groups in total. The van der Waals surface area contributed by atoms with Crippen molar-refractivity contribution in [2.75, 3.05) is 13.7 Å². The van der Waals surface area contributed by atoms with Crippen LogP contribution in [-0.4, -0.2) is 47.6 Å². The third-order valence-electron chi connectivity index (χ3n) is 3.49. The predicted octanol–water partition coefficient (Wildman–Crippen LogP) is 1.10. The van der Waals surface area contributed by atoms with Crippen LogP contribution < -0.4 is 5.73 Å². The standard InChI is InChI=1S/C16H24N2O4/c1-11(2)14(17)15(19)18(3)13(16(20)21)10-22-9-12-7-5-4-6-8-12/h4-8,11,13-14H,9-10,17H2,1-3H3,(H,20,21)/t13-,14-/m0/s1. The fraction of sp³-hybridized carbons (Fsp3) is 0.500. The summed E-state index contributed by atoms with van der Waals surface area (Å²) in [5, 5.41) is 9.30. The van der Waals surface area contributed by atoms with Crippen LogP contribution >= 0.6 is 0 Å². The lowest BCUT2D eigenvalue weighted by Crippen LogP contribution is -2.52. The van der Waals surface area contributed by atoms with Crippen molar-refractivity contribution in [3.63, 3.8) is 0 Å². The Balaban J connectivity index is 2.61. The van der Waals surface area contributed by atoms with E-state index in [-0.39, 0.29) is 12.5 Å². The van der Waals surface area contributed by atoms with Gasteiger partial charge in [-0.25, -0.2) is 4.79 Å². The fourth-order valence-electron chi connectivity index (χ4n) is 1.89. The van der Waals surface area contributed by atoms with E-state index in [1.54, 1.807) is 0 Å². The Morgan fingerprint density at radius 3 is 2.36 bits per heavy atom. The lowest BCUT2D eigenvalue weighted by atomic mass is 10.0. The molecule has 1 aromatic carbocycles. The minimum atomic E-state index is -1.11. The van der Waals surface area contributed by atoms with E-state index < -0.39 is 24.0 Å². The Morgan fingerprint density at radius 1 is 1.27 bits per heavy atom. The van der Waals surface area contributed by atoms with E-state index in [9.17, 15) is 14.7 Å². The predicted molar refractivity (Wildman–Crippen MR) is 83.1 cm³/mol. The molecule has 6 heteroatoms. The highest BCUT2D eigenvalue weighted by molar-refractivity contribution is 5.86. The average Bonchev–Trinajstić information content (AvgIpc) is 2.50. The van der Waals surface area contributed by atoms with E-state index in [1.807, 2.05) is 44.2 Å². The molecule has 0 aromatic heterocycles. The normalized spacial score (nSPS) is 13.7. The molecule has 122 valence electrons. The van der Waals surface area contributed by atoms with Crippen LogP contribution in [0.2, 0.25) is 0 Å². The third kappa shape index (κ3) is 5.13. The number of carboxylic acids is 1. The molecule has 6 nitrogen and oxygen atoms in total. The van der Waals surface area contributed by atoms with Gasteiger partial charge in [0.1, 0.15) is 0 Å². The molecule has 0 fully saturated rings. The summed E-state index contributed by atoms with van der Waals surface area (Å²) < 4.78 is 5.44. The van der Waals surface area contributed by atoms with Crippen LogP contribution in [0.4, 0.5) is 0 Å². The zero-order valence-electron chi connectivity index (χ0n) is 13.2. The van der Waals surface area contributed by atoms with Crippen molar-refractivity contribution >= 4 is 11.9 Å². The molecule has 0 aliphatic heterocycles. The summed E-state index contributed by atoms with van der Waals surface area (Å²) in [6, 6.07) is 7.65. The van der Waals surface area contributed by atoms with Gasteiger partial charge in [-0.15, -0.1) is 0 Å². The van der Waals surface area contributed by atoms with Crippen molar-refractivity contribution in [3.8, 4) is 0 Å². The van der Waals surface area contributed by atoms with Crippen LogP contribution in [0.5, 0.6) is 0 Å². The fourth-order valence-corrected chi connectivity index (χ4v) is 1.89. The number of carbonyl (C=O) groups excluding carboxylic acids is 1. The van der Waals surface area contributed by atoms with Crippen molar-refractivity contribution in [2.45, 2.75) is 32.5 Å². The maximum absolute atomic E-state index is 12.1. The van der Waals surface area contributed by atoms with Gasteiger partial charge in [0, 0.05) is 7.05 Å². The number of hydrogen-bond acceptors (Lipinski definition) is 4. The number of aliphatic carboxylic acids is 1. The molecule has 0 saturated heterocycles. The minimum Gasteiger partial charge on any atom is -0.480 e. The Labute approximate surface area is 130 Å². The lowest BCUT2D eigenvalue weighted by molar-refractivity contribution is -0.152. The van der Waals surface area contributed by atoms with Gasteiger partial charge in [-0.2, -0.15) is 0 Å². The first kappa shape index (κ1) is 18.1. The van der Waals surface area contributed by atoms with Crippen LogP contribution in [0.15, 0.2) is 30.3 Å². The van der Waals surface area contributed by atoms with Crippen molar-refractivity contribution < 1.29 is 19.4 Å². The Bertz CT molecular complexity index is 490. The first-order chi connectivity index (χ1) is 10.3. The second-order valence-corrected chi connectivity index (χ2v) is 5.57. The first-order valence-corrected chi connectivity index (χ1v) is 7.21. The van der Waals surface area contributed by atoms with E-state index in [0.29, 0.717) is 6.61 Å². The van der Waals surface area contributed by atoms with E-state index in [1.165, 1.54) is 7.05 Å². The van der Waals surface area contributed by atoms with Crippen molar-refractivity contribution in [1.82, 2.24) is 4.90 Å². The number of carboxylic acid groups (broad SMARTS) is 1. The van der Waals surface area contributed by atoms with Gasteiger partial charge in [-0.3, -0.25) is 4.79 Å². The SMILES string of the molecule is CC(C)[C@H](N)C(=O)N(C)[C@@H](COCc1ccccc1)C(=O)O. The number of benzene rings is 1. The molecule has 22 heavy (non-hydrogen) atoms. The molecule has 0 aliphatic carbocycles. The molecule has 1 amide bonds. The van der Waals surface area contributed by atoms with Crippen LogP contribution in [-0.2, 0) is 20.9 Å². The molecule has 0 radical (unpaired) electrons. The van der Waals surface area contributed by atoms with Gasteiger partial charge < -0.3 is 20.5 Å². The first-order valence-electron chi connectivity index (χ1n) is 7.21. The van der Waals surface area contributed by atoms with Crippen molar-refractivity contribution in [3.05, 3.63) is 35.9 Å². The van der Waals surface area contributed by atoms with E-state index in [0.717, 1.165) is 10.5 Å². The zero-order valence-corrected chi connectivity index (χ0v) is 13.2. The number of rotatable bonds is 8. The maximum atomic E-state index is 12.1. The van der Waals surface area contributed by atoms with Gasteiger partial charge in [-0.05, 0) is 11.5 Å². The highest BCUT2D eigenvalue weighted by atomic mass is 16.5. The smallest absolute Gasteiger partial charge is 0.328 e. The highest BCUT2D eigenvalue weighted by Gasteiger charge is 2.30. The van der Waals surface area contributed by atoms with Crippen molar-refractivity contribution in [2.24, 2.45) is 11.7 Å². The second-order valence-electron chi connectivity index (χ2n) is 5.57. The summed E-state index contributed by atoms with van der Waals surface area (Å²) in [5.41, 5.74) is 6.74. The monoisotopic (exact) mass is 308 g/mol. The molecule has 0 aliphatic rings. The maximum Gasteiger partial charge on any atom is 0.328 e. The summed E-state index contributed by atoms with van der Waals surface area (Å²) in [6.07, 6.45) is 0. The van der Waals surface area contributed by atoms with Gasteiger partial charge in [0.15, 0.2) is 6.04 Å². The molecule has 0 heterocycles. The zero-order chi connectivity index (χ0) is 16.7. The summed E-state index contributed by atoms with van der Waals surface area (Å²) in [7, 11) is 1.44. The molecule has 0 spiro atoms. The number of amides is 1. The number of carbonyl (C=O) groups is 2. The summed E-state index contributed by atoms with van der Waals surface area (Å²) in [4.78, 5) is 24.7. The molecule has 1 rings (SSSR count). The van der Waals surface area contributed by atoms with Gasteiger partial charge >= 0.3 is 5.97 Å². The van der Waals surface area contributed by atoms with Gasteiger partial charge in [0.2, 0.25) is 5.91 Å². The largest absolute Gasteiger partial charge is 0.480 e. The Morgan fingerprint density at radius 2 is 1.86 bits per heavy atom. The van der Waals surface area contributed by atoms with Gasteiger partial charge in [0.05, 0.1) is 19.3 Å².